The van der Waals surface area contributed by atoms with Crippen molar-refractivity contribution in [2.24, 2.45) is 11.3 Å². The first kappa shape index (κ1) is 18.3. The van der Waals surface area contributed by atoms with Gasteiger partial charge in [-0.3, -0.25) is 9.59 Å². The molecule has 1 fully saturated rings. The number of thioether (sulfide) groups is 1. The van der Waals surface area contributed by atoms with Gasteiger partial charge >= 0.3 is 0 Å². The van der Waals surface area contributed by atoms with E-state index in [0.717, 1.165) is 9.90 Å². The number of aryl methyl sites for hydroxylation is 1. The predicted molar refractivity (Wildman–Crippen MR) is 96.0 cm³/mol. The minimum atomic E-state index is -0.359. The smallest absolute Gasteiger partial charge is 0.229 e. The largest absolute Gasteiger partial charge is 0.342 e. The summed E-state index contributed by atoms with van der Waals surface area (Å²) < 4.78 is 1.13. The average Bonchev–Trinajstić information content (AvgIpc) is 2.85. The highest BCUT2D eigenvalue weighted by atomic mass is 32.2. The van der Waals surface area contributed by atoms with E-state index in [1.54, 1.807) is 11.8 Å². The van der Waals surface area contributed by atoms with E-state index in [0.29, 0.717) is 31.1 Å². The summed E-state index contributed by atoms with van der Waals surface area (Å²) in [6, 6.07) is 0. The molecule has 0 atom stereocenters. The number of piperidine rings is 1. The Kier molecular flexibility index (Phi) is 5.73. The van der Waals surface area contributed by atoms with E-state index in [-0.39, 0.29) is 23.1 Å². The van der Waals surface area contributed by atoms with Crippen LogP contribution in [0, 0.1) is 18.3 Å². The zero-order valence-electron chi connectivity index (χ0n) is 14.4. The van der Waals surface area contributed by atoms with Gasteiger partial charge in [-0.2, -0.15) is 0 Å². The normalized spacial score (nSPS) is 16.5. The van der Waals surface area contributed by atoms with Crippen LogP contribution < -0.4 is 5.32 Å². The van der Waals surface area contributed by atoms with Gasteiger partial charge in [0.2, 0.25) is 11.8 Å². The summed E-state index contributed by atoms with van der Waals surface area (Å²) in [5, 5.41) is 3.60. The van der Waals surface area contributed by atoms with Gasteiger partial charge in [0.05, 0.1) is 9.90 Å². The second kappa shape index (κ2) is 7.21. The third-order valence-corrected chi connectivity index (χ3v) is 6.25. The van der Waals surface area contributed by atoms with Gasteiger partial charge < -0.3 is 10.2 Å². The summed E-state index contributed by atoms with van der Waals surface area (Å²) in [6.45, 7) is 9.06. The van der Waals surface area contributed by atoms with Crippen LogP contribution in [0.5, 0.6) is 0 Å². The third-order valence-electron chi connectivity index (χ3n) is 3.96. The number of carbonyl (C=O) groups is 2. The molecule has 0 bridgehead atoms. The number of thiazole rings is 1. The monoisotopic (exact) mass is 355 g/mol. The van der Waals surface area contributed by atoms with Crippen molar-refractivity contribution in [1.82, 2.24) is 9.88 Å². The van der Waals surface area contributed by atoms with E-state index in [4.69, 9.17) is 0 Å². The number of amides is 2. The molecule has 1 aliphatic heterocycles. The molecule has 5 nitrogen and oxygen atoms in total. The Bertz CT molecular complexity index is 585. The molecule has 2 rings (SSSR count). The number of rotatable bonds is 3. The van der Waals surface area contributed by atoms with Crippen molar-refractivity contribution in [1.29, 1.82) is 0 Å². The van der Waals surface area contributed by atoms with Gasteiger partial charge in [0.1, 0.15) is 0 Å². The first-order valence-electron chi connectivity index (χ1n) is 7.84. The van der Waals surface area contributed by atoms with E-state index in [9.17, 15) is 9.59 Å². The van der Waals surface area contributed by atoms with Crippen LogP contribution in [0.4, 0.5) is 5.13 Å². The fraction of sp³-hybridized carbons (Fsp3) is 0.688. The maximum Gasteiger partial charge on any atom is 0.229 e. The molecule has 1 aliphatic rings. The van der Waals surface area contributed by atoms with Crippen LogP contribution in [0.1, 0.15) is 39.3 Å². The van der Waals surface area contributed by atoms with Crippen LogP contribution in [0.15, 0.2) is 4.21 Å². The van der Waals surface area contributed by atoms with Gasteiger partial charge in [0.15, 0.2) is 5.13 Å². The summed E-state index contributed by atoms with van der Waals surface area (Å²) >= 11 is 3.16. The fourth-order valence-corrected chi connectivity index (χ4v) is 4.27. The Hall–Kier alpha value is -1.08. The summed E-state index contributed by atoms with van der Waals surface area (Å²) in [5.74, 6) is 0.145. The summed E-state index contributed by atoms with van der Waals surface area (Å²) in [5.41, 5.74) is 0.602. The van der Waals surface area contributed by atoms with Crippen molar-refractivity contribution < 1.29 is 9.59 Å². The zero-order chi connectivity index (χ0) is 17.2. The van der Waals surface area contributed by atoms with E-state index in [1.165, 1.54) is 11.3 Å². The number of hydrogen-bond acceptors (Lipinski definition) is 5. The Labute approximate surface area is 146 Å². The Morgan fingerprint density at radius 2 is 1.91 bits per heavy atom. The summed E-state index contributed by atoms with van der Waals surface area (Å²) in [7, 11) is 0. The molecular formula is C16H25N3O2S2. The van der Waals surface area contributed by atoms with Gasteiger partial charge in [0.25, 0.3) is 0 Å². The van der Waals surface area contributed by atoms with Crippen molar-refractivity contribution in [2.75, 3.05) is 24.7 Å². The van der Waals surface area contributed by atoms with Crippen LogP contribution >= 0.6 is 23.1 Å². The molecule has 1 saturated heterocycles. The molecular weight excluding hydrogens is 330 g/mol. The van der Waals surface area contributed by atoms with Gasteiger partial charge in [0, 0.05) is 24.4 Å². The summed E-state index contributed by atoms with van der Waals surface area (Å²) in [6.07, 6.45) is 3.44. The molecule has 0 unspecified atom stereocenters. The lowest BCUT2D eigenvalue weighted by Crippen LogP contribution is -2.45. The molecule has 2 amide bonds. The number of aromatic nitrogens is 1. The van der Waals surface area contributed by atoms with Gasteiger partial charge in [-0.25, -0.2) is 4.98 Å². The topological polar surface area (TPSA) is 62.3 Å². The van der Waals surface area contributed by atoms with Crippen molar-refractivity contribution >= 4 is 40.0 Å². The third kappa shape index (κ3) is 4.47. The maximum atomic E-state index is 12.4. The van der Waals surface area contributed by atoms with Gasteiger partial charge in [-0.1, -0.05) is 32.1 Å². The number of carbonyl (C=O) groups excluding carboxylic acids is 2. The fourth-order valence-electron chi connectivity index (χ4n) is 2.65. The van der Waals surface area contributed by atoms with E-state index < -0.39 is 0 Å². The van der Waals surface area contributed by atoms with Gasteiger partial charge in [-0.15, -0.1) is 11.8 Å². The quantitative estimate of drug-likeness (QED) is 0.844. The molecule has 0 radical (unpaired) electrons. The van der Waals surface area contributed by atoms with Crippen molar-refractivity contribution in [3.63, 3.8) is 0 Å². The molecule has 1 aromatic heterocycles. The molecule has 0 aromatic carbocycles. The molecule has 128 valence electrons. The number of anilines is 1. The molecule has 1 aromatic rings. The SMILES string of the molecule is CSc1sc(NC(=O)C2CCN(C(=O)C(C)(C)C)CC2)nc1C. The number of likely N-dealkylation sites (tertiary alicyclic amines) is 1. The molecule has 2 heterocycles. The predicted octanol–water partition coefficient (Wildman–Crippen LogP) is 3.40. The molecule has 1 N–H and O–H groups in total. The van der Waals surface area contributed by atoms with Crippen LogP contribution in [-0.4, -0.2) is 41.0 Å². The lowest BCUT2D eigenvalue weighted by Gasteiger charge is -2.35. The van der Waals surface area contributed by atoms with Crippen molar-refractivity contribution in [2.45, 2.75) is 44.7 Å². The molecule has 0 aliphatic carbocycles. The van der Waals surface area contributed by atoms with E-state index in [2.05, 4.69) is 10.3 Å². The lowest BCUT2D eigenvalue weighted by molar-refractivity contribution is -0.142. The standard InChI is InChI=1S/C16H25N3O2S2/c1-10-13(22-5)23-15(17-10)18-12(20)11-6-8-19(9-7-11)14(21)16(2,3)4/h11H,6-9H2,1-5H3,(H,17,18,20). The number of nitrogens with one attached hydrogen (secondary N) is 1. The number of nitrogens with zero attached hydrogens (tertiary/aromatic N) is 2. The highest BCUT2D eigenvalue weighted by molar-refractivity contribution is 8.00. The second-order valence-electron chi connectivity index (χ2n) is 6.90. The number of hydrogen-bond donors (Lipinski definition) is 1. The van der Waals surface area contributed by atoms with Crippen molar-refractivity contribution in [3.8, 4) is 0 Å². The highest BCUT2D eigenvalue weighted by Gasteiger charge is 2.32. The molecule has 7 heteroatoms. The Morgan fingerprint density at radius 1 is 1.30 bits per heavy atom. The second-order valence-corrected chi connectivity index (χ2v) is 8.98. The van der Waals surface area contributed by atoms with Gasteiger partial charge in [-0.05, 0) is 26.0 Å². The van der Waals surface area contributed by atoms with Crippen LogP contribution in [0.2, 0.25) is 0 Å². The van der Waals surface area contributed by atoms with E-state index >= 15 is 0 Å². The van der Waals surface area contributed by atoms with Crippen molar-refractivity contribution in [3.05, 3.63) is 5.69 Å². The first-order valence-corrected chi connectivity index (χ1v) is 9.88. The average molecular weight is 356 g/mol. The molecule has 0 spiro atoms. The van der Waals surface area contributed by atoms with Crippen LogP contribution in [0.25, 0.3) is 0 Å². The van der Waals surface area contributed by atoms with E-state index in [1.807, 2.05) is 38.9 Å². The molecule has 23 heavy (non-hydrogen) atoms. The minimum Gasteiger partial charge on any atom is -0.342 e. The minimum absolute atomic E-state index is 0.0225. The Morgan fingerprint density at radius 3 is 2.39 bits per heavy atom. The lowest BCUT2D eigenvalue weighted by atomic mass is 9.91. The Balaban J connectivity index is 1.89. The van der Waals surface area contributed by atoms with Crippen LogP contribution in [0.3, 0.4) is 0 Å². The first-order chi connectivity index (χ1) is 10.7. The highest BCUT2D eigenvalue weighted by Crippen LogP contribution is 2.31. The van der Waals surface area contributed by atoms with Crippen LogP contribution in [-0.2, 0) is 9.59 Å². The molecule has 0 saturated carbocycles. The maximum absolute atomic E-state index is 12.4. The zero-order valence-corrected chi connectivity index (χ0v) is 16.1. The summed E-state index contributed by atoms with van der Waals surface area (Å²) in [4.78, 5) is 30.9.